The molecule has 0 aliphatic heterocycles. The van der Waals surface area contributed by atoms with E-state index < -0.39 is 22.8 Å². The second-order valence-electron chi connectivity index (χ2n) is 5.40. The van der Waals surface area contributed by atoms with Gasteiger partial charge in [-0.25, -0.2) is 8.78 Å². The number of halogens is 2. The van der Waals surface area contributed by atoms with Gasteiger partial charge in [-0.3, -0.25) is 4.79 Å². The summed E-state index contributed by atoms with van der Waals surface area (Å²) in [5, 5.41) is 12.9. The van der Waals surface area contributed by atoms with Crippen LogP contribution in [0, 0.1) is 11.6 Å². The van der Waals surface area contributed by atoms with Crippen LogP contribution in [0.2, 0.25) is 0 Å². The lowest BCUT2D eigenvalue weighted by Crippen LogP contribution is -2.23. The minimum atomic E-state index is -0.813. The zero-order valence-corrected chi connectivity index (χ0v) is 15.7. The van der Waals surface area contributed by atoms with Crippen molar-refractivity contribution in [1.82, 2.24) is 14.8 Å². The van der Waals surface area contributed by atoms with Crippen LogP contribution in [0.15, 0.2) is 40.9 Å². The van der Waals surface area contributed by atoms with Crippen LogP contribution < -0.4 is 5.32 Å². The molecule has 1 atom stereocenters. The molecule has 2 heterocycles. The molecule has 1 aromatic carbocycles. The molecular formula is C17H16F2N4OS2. The summed E-state index contributed by atoms with van der Waals surface area (Å²) in [5.74, 6) is -1.15. The van der Waals surface area contributed by atoms with Gasteiger partial charge in [-0.05, 0) is 37.4 Å². The van der Waals surface area contributed by atoms with Crippen LogP contribution in [0.1, 0.15) is 13.8 Å². The summed E-state index contributed by atoms with van der Waals surface area (Å²) in [4.78, 5) is 13.3. The van der Waals surface area contributed by atoms with Crippen LogP contribution in [0.3, 0.4) is 0 Å². The number of nitrogens with zero attached hydrogens (tertiary/aromatic N) is 3. The SMILES string of the molecule is CCn1c(SC(C)C(=O)Nc2ccc(F)cc2F)nnc1-c1cccs1. The van der Waals surface area contributed by atoms with E-state index in [-0.39, 0.29) is 5.69 Å². The number of carbonyl (C=O) groups excluding carboxylic acids is 1. The minimum Gasteiger partial charge on any atom is -0.323 e. The summed E-state index contributed by atoms with van der Waals surface area (Å²) in [5.41, 5.74) is -0.0555. The Balaban J connectivity index is 1.73. The predicted octanol–water partition coefficient (Wildman–Crippen LogP) is 4.42. The molecule has 3 rings (SSSR count). The fraction of sp³-hybridized carbons (Fsp3) is 0.235. The Kier molecular flexibility index (Phi) is 5.67. The molecule has 0 aliphatic carbocycles. The third-order valence-electron chi connectivity index (χ3n) is 3.62. The smallest absolute Gasteiger partial charge is 0.237 e. The Morgan fingerprint density at radius 3 is 2.81 bits per heavy atom. The number of thioether (sulfide) groups is 1. The molecule has 0 bridgehead atoms. The Morgan fingerprint density at radius 1 is 1.35 bits per heavy atom. The van der Waals surface area contributed by atoms with Gasteiger partial charge in [-0.15, -0.1) is 21.5 Å². The second-order valence-corrected chi connectivity index (χ2v) is 7.66. The lowest BCUT2D eigenvalue weighted by Gasteiger charge is -2.13. The van der Waals surface area contributed by atoms with Crippen molar-refractivity contribution < 1.29 is 13.6 Å². The van der Waals surface area contributed by atoms with Crippen molar-refractivity contribution in [2.45, 2.75) is 30.8 Å². The Labute approximate surface area is 157 Å². The van der Waals surface area contributed by atoms with E-state index in [2.05, 4.69) is 15.5 Å². The number of hydrogen-bond donors (Lipinski definition) is 1. The van der Waals surface area contributed by atoms with Crippen LogP contribution in [-0.2, 0) is 11.3 Å². The van der Waals surface area contributed by atoms with Crippen molar-refractivity contribution in [2.75, 3.05) is 5.32 Å². The fourth-order valence-corrected chi connectivity index (χ4v) is 3.92. The molecule has 0 radical (unpaired) electrons. The van der Waals surface area contributed by atoms with Crippen molar-refractivity contribution in [3.05, 3.63) is 47.3 Å². The molecular weight excluding hydrogens is 378 g/mol. The number of carbonyl (C=O) groups is 1. The van der Waals surface area contributed by atoms with E-state index in [0.29, 0.717) is 11.7 Å². The molecule has 0 saturated heterocycles. The van der Waals surface area contributed by atoms with E-state index in [1.165, 1.54) is 17.8 Å². The maximum absolute atomic E-state index is 13.7. The lowest BCUT2D eigenvalue weighted by molar-refractivity contribution is -0.115. The van der Waals surface area contributed by atoms with Crippen LogP contribution in [0.5, 0.6) is 0 Å². The quantitative estimate of drug-likeness (QED) is 0.629. The molecule has 3 aromatic rings. The highest BCUT2D eigenvalue weighted by molar-refractivity contribution is 8.00. The summed E-state index contributed by atoms with van der Waals surface area (Å²) in [6.07, 6.45) is 0. The van der Waals surface area contributed by atoms with Crippen molar-refractivity contribution in [2.24, 2.45) is 0 Å². The number of benzene rings is 1. The number of nitrogens with one attached hydrogen (secondary N) is 1. The van der Waals surface area contributed by atoms with E-state index in [0.717, 1.165) is 22.8 Å². The third kappa shape index (κ3) is 3.94. The molecule has 9 heteroatoms. The summed E-state index contributed by atoms with van der Waals surface area (Å²) < 4.78 is 28.6. The summed E-state index contributed by atoms with van der Waals surface area (Å²) >= 11 is 2.80. The predicted molar refractivity (Wildman–Crippen MR) is 99.3 cm³/mol. The largest absolute Gasteiger partial charge is 0.323 e. The second kappa shape index (κ2) is 7.96. The number of anilines is 1. The highest BCUT2D eigenvalue weighted by Gasteiger charge is 2.21. The zero-order valence-electron chi connectivity index (χ0n) is 14.1. The molecule has 26 heavy (non-hydrogen) atoms. The van der Waals surface area contributed by atoms with Gasteiger partial charge in [0.1, 0.15) is 11.6 Å². The average Bonchev–Trinajstić information content (AvgIpc) is 3.26. The topological polar surface area (TPSA) is 59.8 Å². The number of aromatic nitrogens is 3. The first-order chi connectivity index (χ1) is 12.5. The van der Waals surface area contributed by atoms with Crippen LogP contribution >= 0.6 is 23.1 Å². The lowest BCUT2D eigenvalue weighted by atomic mass is 10.3. The van der Waals surface area contributed by atoms with Crippen LogP contribution in [-0.4, -0.2) is 25.9 Å². The van der Waals surface area contributed by atoms with E-state index >= 15 is 0 Å². The van der Waals surface area contributed by atoms with Gasteiger partial charge in [0, 0.05) is 12.6 Å². The first kappa shape index (κ1) is 18.5. The first-order valence-electron chi connectivity index (χ1n) is 7.89. The van der Waals surface area contributed by atoms with Gasteiger partial charge in [0.2, 0.25) is 5.91 Å². The van der Waals surface area contributed by atoms with Gasteiger partial charge in [0.15, 0.2) is 11.0 Å². The third-order valence-corrected chi connectivity index (χ3v) is 5.56. The van der Waals surface area contributed by atoms with Gasteiger partial charge < -0.3 is 9.88 Å². The first-order valence-corrected chi connectivity index (χ1v) is 9.65. The molecule has 0 fully saturated rings. The highest BCUT2D eigenvalue weighted by atomic mass is 32.2. The minimum absolute atomic E-state index is 0.0555. The normalized spacial score (nSPS) is 12.2. The molecule has 5 nitrogen and oxygen atoms in total. The molecule has 0 spiro atoms. The van der Waals surface area contributed by atoms with Gasteiger partial charge in [0.05, 0.1) is 15.8 Å². The average molecular weight is 394 g/mol. The van der Waals surface area contributed by atoms with Crippen molar-refractivity contribution in [1.29, 1.82) is 0 Å². The van der Waals surface area contributed by atoms with Crippen molar-refractivity contribution in [3.63, 3.8) is 0 Å². The van der Waals surface area contributed by atoms with E-state index in [9.17, 15) is 13.6 Å². The standard InChI is InChI=1S/C17H16F2N4OS2/c1-3-23-15(14-5-4-8-25-14)21-22-17(23)26-10(2)16(24)20-13-7-6-11(18)9-12(13)19/h4-10H,3H2,1-2H3,(H,20,24). The van der Waals surface area contributed by atoms with E-state index in [4.69, 9.17) is 0 Å². The maximum Gasteiger partial charge on any atom is 0.237 e. The van der Waals surface area contributed by atoms with Gasteiger partial charge >= 0.3 is 0 Å². The monoisotopic (exact) mass is 394 g/mol. The van der Waals surface area contributed by atoms with Gasteiger partial charge in [0.25, 0.3) is 0 Å². The van der Waals surface area contributed by atoms with Gasteiger partial charge in [-0.2, -0.15) is 0 Å². The van der Waals surface area contributed by atoms with E-state index in [1.807, 2.05) is 29.0 Å². The molecule has 0 aliphatic rings. The molecule has 2 aromatic heterocycles. The van der Waals surface area contributed by atoms with E-state index in [1.54, 1.807) is 18.3 Å². The highest BCUT2D eigenvalue weighted by Crippen LogP contribution is 2.29. The number of amides is 1. The van der Waals surface area contributed by atoms with Crippen LogP contribution in [0.25, 0.3) is 10.7 Å². The molecule has 136 valence electrons. The Morgan fingerprint density at radius 2 is 2.15 bits per heavy atom. The summed E-state index contributed by atoms with van der Waals surface area (Å²) in [7, 11) is 0. The zero-order chi connectivity index (χ0) is 18.7. The molecule has 1 unspecified atom stereocenters. The molecule has 1 N–H and O–H groups in total. The van der Waals surface area contributed by atoms with Crippen molar-refractivity contribution in [3.8, 4) is 10.7 Å². The summed E-state index contributed by atoms with van der Waals surface area (Å²) in [6, 6.07) is 6.92. The van der Waals surface area contributed by atoms with Gasteiger partial charge in [-0.1, -0.05) is 17.8 Å². The number of hydrogen-bond acceptors (Lipinski definition) is 5. The van der Waals surface area contributed by atoms with Crippen molar-refractivity contribution >= 4 is 34.7 Å². The Hall–Kier alpha value is -2.26. The Bertz CT molecular complexity index is 912. The van der Waals surface area contributed by atoms with Crippen LogP contribution in [0.4, 0.5) is 14.5 Å². The number of rotatable bonds is 6. The fourth-order valence-electron chi connectivity index (χ4n) is 2.29. The number of thiophene rings is 1. The molecule has 1 amide bonds. The maximum atomic E-state index is 13.7. The summed E-state index contributed by atoms with van der Waals surface area (Å²) in [6.45, 7) is 4.33. The molecule has 0 saturated carbocycles.